The lowest BCUT2D eigenvalue weighted by atomic mass is 10.2. The molecule has 0 saturated heterocycles. The predicted molar refractivity (Wildman–Crippen MR) is 75.2 cm³/mol. The monoisotopic (exact) mass is 247 g/mol. The van der Waals surface area contributed by atoms with Crippen molar-refractivity contribution in [3.63, 3.8) is 0 Å². The number of nitrogens with one attached hydrogen (secondary N) is 1. The summed E-state index contributed by atoms with van der Waals surface area (Å²) < 4.78 is 0. The average molecular weight is 247 g/mol. The van der Waals surface area contributed by atoms with Gasteiger partial charge in [-0.1, -0.05) is 18.2 Å². The Kier molecular flexibility index (Phi) is 1.94. The molecule has 0 spiro atoms. The van der Waals surface area contributed by atoms with Crippen LogP contribution in [-0.4, -0.2) is 15.0 Å². The van der Waals surface area contributed by atoms with Crippen molar-refractivity contribution in [2.45, 2.75) is 0 Å². The van der Waals surface area contributed by atoms with Gasteiger partial charge in [0.2, 0.25) is 0 Å². The molecule has 19 heavy (non-hydrogen) atoms. The van der Waals surface area contributed by atoms with E-state index < -0.39 is 0 Å². The highest BCUT2D eigenvalue weighted by molar-refractivity contribution is 6.13. The number of H-pyrrole nitrogens is 1. The van der Waals surface area contributed by atoms with Crippen molar-refractivity contribution in [2.75, 3.05) is 0 Å². The number of aromatic amines is 1. The smallest absolute Gasteiger partial charge is 0.271 e. The fourth-order valence-corrected chi connectivity index (χ4v) is 2.45. The van der Waals surface area contributed by atoms with E-state index in [1.807, 2.05) is 24.3 Å². The number of para-hydroxylation sites is 1. The molecule has 0 aliphatic rings. The number of hydrogen-bond donors (Lipinski definition) is 1. The molecule has 0 aliphatic heterocycles. The number of aromatic nitrogens is 3. The van der Waals surface area contributed by atoms with Gasteiger partial charge in [0.1, 0.15) is 5.52 Å². The lowest BCUT2D eigenvalue weighted by Gasteiger charge is -1.90. The lowest BCUT2D eigenvalue weighted by Crippen LogP contribution is -1.98. The molecule has 0 unspecified atom stereocenters. The third-order valence-corrected chi connectivity index (χ3v) is 3.27. The molecule has 3 heterocycles. The normalized spacial score (nSPS) is 11.4. The summed E-state index contributed by atoms with van der Waals surface area (Å²) in [6, 6.07) is 13.0. The van der Waals surface area contributed by atoms with E-state index in [4.69, 9.17) is 0 Å². The Morgan fingerprint density at radius 1 is 1.00 bits per heavy atom. The molecule has 4 nitrogen and oxygen atoms in total. The van der Waals surface area contributed by atoms with Crippen LogP contribution in [0.4, 0.5) is 0 Å². The van der Waals surface area contributed by atoms with E-state index in [1.54, 1.807) is 24.4 Å². The van der Waals surface area contributed by atoms with Crippen LogP contribution in [0.2, 0.25) is 0 Å². The van der Waals surface area contributed by atoms with Gasteiger partial charge in [0.25, 0.3) is 5.56 Å². The molecule has 3 aromatic heterocycles. The predicted octanol–water partition coefficient (Wildman–Crippen LogP) is 2.62. The number of rotatable bonds is 0. The standard InChI is InChI=1S/C15H9N3O/c19-13-8-10-9-4-1-2-5-11(9)18-14(10)15-12(17-13)6-3-7-16-15/h1-8,18H. The Hall–Kier alpha value is -2.75. The number of benzene rings is 1. The second kappa shape index (κ2) is 3.62. The minimum Gasteiger partial charge on any atom is -0.353 e. The topological polar surface area (TPSA) is 58.6 Å². The summed E-state index contributed by atoms with van der Waals surface area (Å²) in [5.41, 5.74) is 2.92. The molecule has 90 valence electrons. The highest BCUT2D eigenvalue weighted by Crippen LogP contribution is 2.26. The van der Waals surface area contributed by atoms with Crippen LogP contribution in [0, 0.1) is 0 Å². The lowest BCUT2D eigenvalue weighted by molar-refractivity contribution is 1.31. The Morgan fingerprint density at radius 2 is 1.89 bits per heavy atom. The van der Waals surface area contributed by atoms with Gasteiger partial charge in [0, 0.05) is 28.6 Å². The highest BCUT2D eigenvalue weighted by atomic mass is 16.1. The van der Waals surface area contributed by atoms with Crippen molar-refractivity contribution in [2.24, 2.45) is 0 Å². The molecule has 0 radical (unpaired) electrons. The SMILES string of the molecule is O=c1cc2c3ccccc3[nH]c2c2ncccc2n1. The number of nitrogens with zero attached hydrogens (tertiary/aromatic N) is 2. The summed E-state index contributed by atoms with van der Waals surface area (Å²) in [6.07, 6.45) is 1.71. The van der Waals surface area contributed by atoms with Gasteiger partial charge in [-0.25, -0.2) is 4.98 Å². The molecule has 0 saturated carbocycles. The van der Waals surface area contributed by atoms with Crippen LogP contribution in [-0.2, 0) is 0 Å². The van der Waals surface area contributed by atoms with E-state index in [1.165, 1.54) is 0 Å². The summed E-state index contributed by atoms with van der Waals surface area (Å²) in [7, 11) is 0. The molecular weight excluding hydrogens is 238 g/mol. The second-order valence-corrected chi connectivity index (χ2v) is 4.42. The maximum atomic E-state index is 11.9. The van der Waals surface area contributed by atoms with E-state index >= 15 is 0 Å². The van der Waals surface area contributed by atoms with Crippen LogP contribution in [0.15, 0.2) is 53.5 Å². The number of pyridine rings is 1. The van der Waals surface area contributed by atoms with Crippen molar-refractivity contribution < 1.29 is 0 Å². The van der Waals surface area contributed by atoms with E-state index in [9.17, 15) is 4.79 Å². The summed E-state index contributed by atoms with van der Waals surface area (Å²) in [6.45, 7) is 0. The van der Waals surface area contributed by atoms with Crippen LogP contribution in [0.1, 0.15) is 0 Å². The first kappa shape index (κ1) is 10.2. The Balaban J connectivity index is 2.42. The largest absolute Gasteiger partial charge is 0.353 e. The van der Waals surface area contributed by atoms with E-state index in [0.717, 1.165) is 27.3 Å². The van der Waals surface area contributed by atoms with Crippen LogP contribution >= 0.6 is 0 Å². The first-order chi connectivity index (χ1) is 9.33. The fourth-order valence-electron chi connectivity index (χ4n) is 2.45. The van der Waals surface area contributed by atoms with Gasteiger partial charge in [-0.15, -0.1) is 0 Å². The minimum atomic E-state index is -0.252. The molecular formula is C15H9N3O. The number of fused-ring (bicyclic) bond motifs is 5. The molecule has 0 amide bonds. The fraction of sp³-hybridized carbons (Fsp3) is 0. The molecule has 4 heteroatoms. The van der Waals surface area contributed by atoms with Crippen molar-refractivity contribution in [1.29, 1.82) is 0 Å². The zero-order valence-corrected chi connectivity index (χ0v) is 9.92. The van der Waals surface area contributed by atoms with Gasteiger partial charge in [0.05, 0.1) is 11.0 Å². The molecule has 0 bridgehead atoms. The van der Waals surface area contributed by atoms with Crippen molar-refractivity contribution >= 4 is 32.8 Å². The molecule has 0 fully saturated rings. The van der Waals surface area contributed by atoms with Gasteiger partial charge in [-0.2, -0.15) is 0 Å². The summed E-state index contributed by atoms with van der Waals surface area (Å²) in [5, 5.41) is 1.88. The quantitative estimate of drug-likeness (QED) is 0.519. The van der Waals surface area contributed by atoms with Crippen LogP contribution in [0.25, 0.3) is 32.8 Å². The molecule has 1 N–H and O–H groups in total. The summed E-state index contributed by atoms with van der Waals surface area (Å²) >= 11 is 0. The summed E-state index contributed by atoms with van der Waals surface area (Å²) in [4.78, 5) is 23.6. The van der Waals surface area contributed by atoms with Crippen LogP contribution in [0.5, 0.6) is 0 Å². The molecule has 0 aliphatic carbocycles. The maximum absolute atomic E-state index is 11.9. The molecule has 0 atom stereocenters. The highest BCUT2D eigenvalue weighted by Gasteiger charge is 2.08. The second-order valence-electron chi connectivity index (χ2n) is 4.42. The maximum Gasteiger partial charge on any atom is 0.271 e. The van der Waals surface area contributed by atoms with Gasteiger partial charge >= 0.3 is 0 Å². The van der Waals surface area contributed by atoms with Crippen LogP contribution < -0.4 is 5.56 Å². The van der Waals surface area contributed by atoms with Gasteiger partial charge < -0.3 is 4.98 Å². The molecule has 1 aromatic carbocycles. The molecule has 4 rings (SSSR count). The average Bonchev–Trinajstić information content (AvgIpc) is 2.71. The Labute approximate surface area is 107 Å². The van der Waals surface area contributed by atoms with Gasteiger partial charge in [0.15, 0.2) is 0 Å². The van der Waals surface area contributed by atoms with Crippen LogP contribution in [0.3, 0.4) is 0 Å². The van der Waals surface area contributed by atoms with Crippen molar-refractivity contribution in [1.82, 2.24) is 15.0 Å². The third kappa shape index (κ3) is 1.43. The first-order valence-corrected chi connectivity index (χ1v) is 5.99. The zero-order valence-electron chi connectivity index (χ0n) is 9.92. The Morgan fingerprint density at radius 3 is 2.84 bits per heavy atom. The van der Waals surface area contributed by atoms with Crippen molar-refractivity contribution in [3.8, 4) is 0 Å². The summed E-state index contributed by atoms with van der Waals surface area (Å²) in [5.74, 6) is 0. The number of hydrogen-bond acceptors (Lipinski definition) is 3. The van der Waals surface area contributed by atoms with Gasteiger partial charge in [-0.05, 0) is 18.2 Å². The van der Waals surface area contributed by atoms with Gasteiger partial charge in [-0.3, -0.25) is 9.78 Å². The minimum absolute atomic E-state index is 0.252. The van der Waals surface area contributed by atoms with E-state index in [2.05, 4.69) is 15.0 Å². The van der Waals surface area contributed by atoms with E-state index in [0.29, 0.717) is 5.52 Å². The first-order valence-electron chi connectivity index (χ1n) is 5.99. The van der Waals surface area contributed by atoms with E-state index in [-0.39, 0.29) is 5.56 Å². The third-order valence-electron chi connectivity index (χ3n) is 3.27. The molecule has 4 aromatic rings. The van der Waals surface area contributed by atoms with Crippen molar-refractivity contribution in [3.05, 3.63) is 59.0 Å². The zero-order chi connectivity index (χ0) is 12.8. The Bertz CT molecular complexity index is 989.